The number of aryl methyl sites for hydroxylation is 1. The van der Waals surface area contributed by atoms with Crippen LogP contribution in [0.3, 0.4) is 0 Å². The zero-order valence-electron chi connectivity index (χ0n) is 15.7. The second-order valence-electron chi connectivity index (χ2n) is 6.65. The first-order valence-electron chi connectivity index (χ1n) is 9.08. The van der Waals surface area contributed by atoms with Gasteiger partial charge in [0.2, 0.25) is 5.91 Å². The van der Waals surface area contributed by atoms with E-state index in [1.165, 1.54) is 11.0 Å². The van der Waals surface area contributed by atoms with E-state index in [0.29, 0.717) is 22.8 Å². The van der Waals surface area contributed by atoms with E-state index in [0.717, 1.165) is 0 Å². The first-order valence-corrected chi connectivity index (χ1v) is 9.08. The summed E-state index contributed by atoms with van der Waals surface area (Å²) < 4.78 is 21.6. The number of carbonyl (C=O) groups is 2. The van der Waals surface area contributed by atoms with Crippen LogP contribution in [0.2, 0.25) is 0 Å². The SMILES string of the molecule is Cn1ccnc1[C@@H](NC(=O)CN1C(=O)COc2ccccc21)c1ccccc1F. The molecule has 0 saturated carbocycles. The molecule has 2 heterocycles. The van der Waals surface area contributed by atoms with Crippen molar-refractivity contribution >= 4 is 17.5 Å². The van der Waals surface area contributed by atoms with Crippen LogP contribution in [0.25, 0.3) is 0 Å². The van der Waals surface area contributed by atoms with Crippen molar-refractivity contribution in [3.63, 3.8) is 0 Å². The number of nitrogens with zero attached hydrogens (tertiary/aromatic N) is 3. The molecule has 3 aromatic rings. The van der Waals surface area contributed by atoms with Gasteiger partial charge >= 0.3 is 0 Å². The summed E-state index contributed by atoms with van der Waals surface area (Å²) in [5.41, 5.74) is 0.821. The van der Waals surface area contributed by atoms with Crippen molar-refractivity contribution in [1.29, 1.82) is 0 Å². The van der Waals surface area contributed by atoms with Crippen LogP contribution in [-0.2, 0) is 16.6 Å². The second kappa shape index (κ2) is 7.75. The number of para-hydroxylation sites is 2. The molecule has 1 N–H and O–H groups in total. The maximum atomic E-state index is 14.5. The van der Waals surface area contributed by atoms with Crippen LogP contribution >= 0.6 is 0 Å². The molecule has 8 heteroatoms. The number of anilines is 1. The molecule has 0 radical (unpaired) electrons. The fourth-order valence-corrected chi connectivity index (χ4v) is 3.32. The summed E-state index contributed by atoms with van der Waals surface area (Å²) in [6.45, 7) is -0.352. The smallest absolute Gasteiger partial charge is 0.265 e. The highest BCUT2D eigenvalue weighted by atomic mass is 19.1. The van der Waals surface area contributed by atoms with Gasteiger partial charge in [0.05, 0.1) is 5.69 Å². The minimum atomic E-state index is -0.796. The Hall–Kier alpha value is -3.68. The average molecular weight is 394 g/mol. The molecule has 0 saturated heterocycles. The van der Waals surface area contributed by atoms with Crippen molar-refractivity contribution in [1.82, 2.24) is 14.9 Å². The van der Waals surface area contributed by atoms with Crippen LogP contribution in [0.15, 0.2) is 60.9 Å². The van der Waals surface area contributed by atoms with Gasteiger partial charge in [-0.1, -0.05) is 30.3 Å². The summed E-state index contributed by atoms with van der Waals surface area (Å²) >= 11 is 0. The van der Waals surface area contributed by atoms with Crippen molar-refractivity contribution in [3.8, 4) is 5.75 Å². The maximum Gasteiger partial charge on any atom is 0.265 e. The largest absolute Gasteiger partial charge is 0.482 e. The van der Waals surface area contributed by atoms with E-state index >= 15 is 0 Å². The quantitative estimate of drug-likeness (QED) is 0.720. The highest BCUT2D eigenvalue weighted by Crippen LogP contribution is 2.31. The van der Waals surface area contributed by atoms with Gasteiger partial charge in [-0.05, 0) is 18.2 Å². The lowest BCUT2D eigenvalue weighted by Crippen LogP contribution is -2.46. The number of carbonyl (C=O) groups excluding carboxylic acids is 2. The molecule has 1 aliphatic rings. The average Bonchev–Trinajstić information content (AvgIpc) is 3.15. The van der Waals surface area contributed by atoms with Crippen molar-refractivity contribution in [3.05, 3.63) is 78.1 Å². The number of hydrogen-bond donors (Lipinski definition) is 1. The molecule has 29 heavy (non-hydrogen) atoms. The molecule has 0 unspecified atom stereocenters. The highest BCUT2D eigenvalue weighted by molar-refractivity contribution is 6.02. The molecule has 1 aliphatic heterocycles. The number of amides is 2. The summed E-state index contributed by atoms with van der Waals surface area (Å²) in [6, 6.07) is 12.4. The molecule has 0 spiro atoms. The van der Waals surface area contributed by atoms with Gasteiger partial charge in [0.1, 0.15) is 30.0 Å². The lowest BCUT2D eigenvalue weighted by Gasteiger charge is -2.29. The third-order valence-electron chi connectivity index (χ3n) is 4.75. The summed E-state index contributed by atoms with van der Waals surface area (Å²) in [7, 11) is 1.77. The van der Waals surface area contributed by atoms with Crippen molar-refractivity contribution in [2.75, 3.05) is 18.1 Å². The van der Waals surface area contributed by atoms with E-state index < -0.39 is 17.8 Å². The molecule has 0 bridgehead atoms. The van der Waals surface area contributed by atoms with Crippen LogP contribution in [-0.4, -0.2) is 34.5 Å². The Labute approximate surface area is 166 Å². The first-order chi connectivity index (χ1) is 14.0. The third-order valence-corrected chi connectivity index (χ3v) is 4.75. The van der Waals surface area contributed by atoms with Gasteiger partial charge in [-0.3, -0.25) is 14.5 Å². The van der Waals surface area contributed by atoms with Gasteiger partial charge in [-0.2, -0.15) is 0 Å². The molecule has 0 fully saturated rings. The molecular weight excluding hydrogens is 375 g/mol. The monoisotopic (exact) mass is 394 g/mol. The Morgan fingerprint density at radius 2 is 2.00 bits per heavy atom. The summed E-state index contributed by atoms with van der Waals surface area (Å²) in [6.07, 6.45) is 3.30. The number of imidazole rings is 1. The number of aromatic nitrogens is 2. The van der Waals surface area contributed by atoms with Gasteiger partial charge in [0, 0.05) is 25.0 Å². The summed E-state index contributed by atoms with van der Waals surface area (Å²) in [5, 5.41) is 2.82. The van der Waals surface area contributed by atoms with E-state index in [-0.39, 0.29) is 19.1 Å². The van der Waals surface area contributed by atoms with Crippen molar-refractivity contribution < 1.29 is 18.7 Å². The van der Waals surface area contributed by atoms with Gasteiger partial charge < -0.3 is 14.6 Å². The van der Waals surface area contributed by atoms with Crippen molar-refractivity contribution in [2.24, 2.45) is 7.05 Å². The predicted octanol–water partition coefficient (Wildman–Crippen LogP) is 2.19. The number of benzene rings is 2. The minimum Gasteiger partial charge on any atom is -0.482 e. The number of hydrogen-bond acceptors (Lipinski definition) is 4. The molecule has 4 rings (SSSR count). The van der Waals surface area contributed by atoms with Crippen LogP contribution < -0.4 is 15.0 Å². The Morgan fingerprint density at radius 3 is 2.76 bits per heavy atom. The summed E-state index contributed by atoms with van der Waals surface area (Å²) in [4.78, 5) is 30.8. The molecule has 148 valence electrons. The highest BCUT2D eigenvalue weighted by Gasteiger charge is 2.29. The second-order valence-corrected chi connectivity index (χ2v) is 6.65. The van der Waals surface area contributed by atoms with E-state index in [4.69, 9.17) is 4.74 Å². The van der Waals surface area contributed by atoms with E-state index in [9.17, 15) is 14.0 Å². The van der Waals surface area contributed by atoms with Crippen LogP contribution in [0.4, 0.5) is 10.1 Å². The molecule has 2 amide bonds. The topological polar surface area (TPSA) is 76.5 Å². The molecule has 7 nitrogen and oxygen atoms in total. The molecular formula is C21H19FN4O3. The number of halogens is 1. The molecule has 1 atom stereocenters. The Bertz CT molecular complexity index is 1070. The third kappa shape index (κ3) is 3.69. The van der Waals surface area contributed by atoms with Crippen LogP contribution in [0.1, 0.15) is 17.4 Å². The summed E-state index contributed by atoms with van der Waals surface area (Å²) in [5.74, 6) is -0.190. The van der Waals surface area contributed by atoms with Gasteiger partial charge in [0.15, 0.2) is 6.61 Å². The van der Waals surface area contributed by atoms with Gasteiger partial charge in [-0.15, -0.1) is 0 Å². The van der Waals surface area contributed by atoms with Gasteiger partial charge in [-0.25, -0.2) is 9.37 Å². The fourth-order valence-electron chi connectivity index (χ4n) is 3.32. The van der Waals surface area contributed by atoms with Crippen LogP contribution in [0.5, 0.6) is 5.75 Å². The van der Waals surface area contributed by atoms with E-state index in [1.54, 1.807) is 66.5 Å². The standard InChI is InChI=1S/C21H19FN4O3/c1-25-11-10-23-21(25)20(14-6-2-3-7-15(14)22)24-18(27)12-26-16-8-4-5-9-17(16)29-13-19(26)28/h2-11,20H,12-13H2,1H3,(H,24,27)/t20-/m0/s1. The maximum absolute atomic E-state index is 14.5. The normalized spacial score (nSPS) is 14.1. The Kier molecular flexibility index (Phi) is 4.99. The minimum absolute atomic E-state index is 0.138. The van der Waals surface area contributed by atoms with E-state index in [1.807, 2.05) is 0 Å². The van der Waals surface area contributed by atoms with Crippen molar-refractivity contribution in [2.45, 2.75) is 6.04 Å². The lowest BCUT2D eigenvalue weighted by molar-refractivity contribution is -0.125. The number of ether oxygens (including phenoxy) is 1. The number of fused-ring (bicyclic) bond motifs is 1. The lowest BCUT2D eigenvalue weighted by atomic mass is 10.1. The van der Waals surface area contributed by atoms with Crippen LogP contribution in [0, 0.1) is 5.82 Å². The molecule has 0 aliphatic carbocycles. The molecule has 2 aromatic carbocycles. The zero-order chi connectivity index (χ0) is 20.4. The molecule has 1 aromatic heterocycles. The number of nitrogens with one attached hydrogen (secondary N) is 1. The number of rotatable bonds is 5. The Morgan fingerprint density at radius 1 is 1.24 bits per heavy atom. The predicted molar refractivity (Wildman–Crippen MR) is 104 cm³/mol. The Balaban J connectivity index is 1.60. The fraction of sp³-hybridized carbons (Fsp3) is 0.190. The zero-order valence-corrected chi connectivity index (χ0v) is 15.7. The van der Waals surface area contributed by atoms with Gasteiger partial charge in [0.25, 0.3) is 5.91 Å². The van der Waals surface area contributed by atoms with E-state index in [2.05, 4.69) is 10.3 Å². The first kappa shape index (κ1) is 18.7.